The molecule has 1 aliphatic rings. The van der Waals surface area contributed by atoms with Crippen molar-refractivity contribution < 1.29 is 0 Å². The molecule has 2 aromatic rings. The van der Waals surface area contributed by atoms with Gasteiger partial charge in [-0.3, -0.25) is 4.90 Å². The molecule has 2 heteroatoms. The van der Waals surface area contributed by atoms with E-state index >= 15 is 0 Å². The molecule has 1 atom stereocenters. The fraction of sp³-hybridized carbons (Fsp3) is 0.273. The van der Waals surface area contributed by atoms with Gasteiger partial charge in [0.25, 0.3) is 0 Å². The van der Waals surface area contributed by atoms with E-state index < -0.39 is 0 Å². The molecule has 0 saturated carbocycles. The van der Waals surface area contributed by atoms with Gasteiger partial charge in [0, 0.05) is 5.02 Å². The molecule has 0 saturated heterocycles. The number of nitrogens with zero attached hydrogens (tertiary/aromatic N) is 1. The van der Waals surface area contributed by atoms with Gasteiger partial charge in [-0.1, -0.05) is 79.8 Å². The lowest BCUT2D eigenvalue weighted by atomic mass is 9.88. The van der Waals surface area contributed by atoms with Crippen LogP contribution in [-0.2, 0) is 0 Å². The van der Waals surface area contributed by atoms with E-state index in [-0.39, 0.29) is 5.92 Å². The van der Waals surface area contributed by atoms with E-state index in [0.29, 0.717) is 0 Å². The van der Waals surface area contributed by atoms with Crippen LogP contribution >= 0.6 is 11.6 Å². The summed E-state index contributed by atoms with van der Waals surface area (Å²) in [4.78, 5) is 2.33. The summed E-state index contributed by atoms with van der Waals surface area (Å²) in [6, 6.07) is 14.6. The Morgan fingerprint density at radius 2 is 1.67 bits per heavy atom. The minimum atomic E-state index is 0.0560. The Morgan fingerprint density at radius 3 is 2.42 bits per heavy atom. The SMILES string of the molecule is CCN(CC)CC#CC1c2ccccc2C=Cc2ccc(Cl)cc21. The van der Waals surface area contributed by atoms with Crippen LogP contribution in [0.15, 0.2) is 42.5 Å². The number of hydrogen-bond acceptors (Lipinski definition) is 1. The highest BCUT2D eigenvalue weighted by Crippen LogP contribution is 2.35. The minimum absolute atomic E-state index is 0.0560. The van der Waals surface area contributed by atoms with Crippen molar-refractivity contribution in [3.8, 4) is 11.8 Å². The van der Waals surface area contributed by atoms with Crippen LogP contribution in [0.4, 0.5) is 0 Å². The molecule has 0 radical (unpaired) electrons. The molecular weight excluding hydrogens is 314 g/mol. The zero-order chi connectivity index (χ0) is 16.9. The molecule has 1 unspecified atom stereocenters. The topological polar surface area (TPSA) is 3.24 Å². The van der Waals surface area contributed by atoms with Crippen LogP contribution in [-0.4, -0.2) is 24.5 Å². The Labute approximate surface area is 150 Å². The Hall–Kier alpha value is -2.01. The second-order valence-electron chi connectivity index (χ2n) is 5.95. The molecule has 24 heavy (non-hydrogen) atoms. The van der Waals surface area contributed by atoms with Gasteiger partial charge in [0.15, 0.2) is 0 Å². The van der Waals surface area contributed by atoms with Crippen LogP contribution in [0.1, 0.15) is 42.0 Å². The van der Waals surface area contributed by atoms with E-state index in [1.54, 1.807) is 0 Å². The van der Waals surface area contributed by atoms with Crippen molar-refractivity contribution in [3.05, 3.63) is 69.7 Å². The monoisotopic (exact) mass is 335 g/mol. The highest BCUT2D eigenvalue weighted by Gasteiger charge is 2.19. The Balaban J connectivity index is 2.05. The number of benzene rings is 2. The van der Waals surface area contributed by atoms with Gasteiger partial charge >= 0.3 is 0 Å². The van der Waals surface area contributed by atoms with Crippen molar-refractivity contribution in [1.82, 2.24) is 4.90 Å². The molecule has 122 valence electrons. The number of hydrogen-bond donors (Lipinski definition) is 0. The maximum absolute atomic E-state index is 6.27. The Bertz CT molecular complexity index is 806. The minimum Gasteiger partial charge on any atom is -0.293 e. The van der Waals surface area contributed by atoms with Gasteiger partial charge in [-0.15, -0.1) is 0 Å². The highest BCUT2D eigenvalue weighted by molar-refractivity contribution is 6.30. The lowest BCUT2D eigenvalue weighted by Crippen LogP contribution is -2.23. The first-order valence-electron chi connectivity index (χ1n) is 8.50. The summed E-state index contributed by atoms with van der Waals surface area (Å²) in [6.07, 6.45) is 4.34. The molecule has 1 nitrogen and oxygen atoms in total. The fourth-order valence-electron chi connectivity index (χ4n) is 3.08. The number of halogens is 1. The molecule has 2 aromatic carbocycles. The third-order valence-electron chi connectivity index (χ3n) is 4.55. The van der Waals surface area contributed by atoms with Crippen LogP contribution in [0.5, 0.6) is 0 Å². The van der Waals surface area contributed by atoms with Gasteiger partial charge in [0.05, 0.1) is 12.5 Å². The summed E-state index contributed by atoms with van der Waals surface area (Å²) in [5.74, 6) is 6.96. The summed E-state index contributed by atoms with van der Waals surface area (Å²) in [5, 5.41) is 0.761. The van der Waals surface area contributed by atoms with Crippen molar-refractivity contribution in [2.75, 3.05) is 19.6 Å². The first-order valence-corrected chi connectivity index (χ1v) is 8.88. The van der Waals surface area contributed by atoms with Gasteiger partial charge in [-0.05, 0) is 47.5 Å². The third-order valence-corrected chi connectivity index (χ3v) is 4.79. The van der Waals surface area contributed by atoms with Gasteiger partial charge in [0.2, 0.25) is 0 Å². The lowest BCUT2D eigenvalue weighted by Gasteiger charge is -2.16. The summed E-state index contributed by atoms with van der Waals surface area (Å²) in [6.45, 7) is 7.19. The van der Waals surface area contributed by atoms with Crippen molar-refractivity contribution in [3.63, 3.8) is 0 Å². The average Bonchev–Trinajstić information content (AvgIpc) is 2.76. The molecule has 0 heterocycles. The van der Waals surface area contributed by atoms with Crippen LogP contribution in [0.25, 0.3) is 12.2 Å². The average molecular weight is 336 g/mol. The van der Waals surface area contributed by atoms with Crippen LogP contribution in [0, 0.1) is 11.8 Å². The quantitative estimate of drug-likeness (QED) is 0.688. The summed E-state index contributed by atoms with van der Waals surface area (Å²) in [5.41, 5.74) is 4.86. The normalized spacial score (nSPS) is 15.2. The highest BCUT2D eigenvalue weighted by atomic mass is 35.5. The summed E-state index contributed by atoms with van der Waals surface area (Å²) in [7, 11) is 0. The van der Waals surface area contributed by atoms with Crippen molar-refractivity contribution in [2.24, 2.45) is 0 Å². The van der Waals surface area contributed by atoms with E-state index in [0.717, 1.165) is 24.7 Å². The molecular formula is C22H22ClN. The molecule has 0 amide bonds. The fourth-order valence-corrected chi connectivity index (χ4v) is 3.26. The van der Waals surface area contributed by atoms with Gasteiger partial charge in [-0.2, -0.15) is 0 Å². The smallest absolute Gasteiger partial charge is 0.0714 e. The van der Waals surface area contributed by atoms with E-state index in [1.165, 1.54) is 22.3 Å². The van der Waals surface area contributed by atoms with Crippen molar-refractivity contribution in [1.29, 1.82) is 0 Å². The molecule has 1 aliphatic carbocycles. The molecule has 0 aromatic heterocycles. The second-order valence-corrected chi connectivity index (χ2v) is 6.39. The molecule has 0 spiro atoms. The molecule has 0 N–H and O–H groups in total. The van der Waals surface area contributed by atoms with Crippen LogP contribution in [0.2, 0.25) is 5.02 Å². The number of fused-ring (bicyclic) bond motifs is 2. The van der Waals surface area contributed by atoms with E-state index in [1.807, 2.05) is 6.07 Å². The maximum atomic E-state index is 6.27. The first kappa shape index (κ1) is 16.8. The maximum Gasteiger partial charge on any atom is 0.0714 e. The molecule has 0 bridgehead atoms. The zero-order valence-electron chi connectivity index (χ0n) is 14.2. The van der Waals surface area contributed by atoms with Crippen LogP contribution < -0.4 is 0 Å². The standard InChI is InChI=1S/C22H22ClN/c1-3-24(4-2)15-7-10-21-20-9-6-5-8-17(20)11-12-18-13-14-19(23)16-22(18)21/h5-6,8-9,11-14,16,21H,3-4,15H2,1-2H3. The number of rotatable bonds is 3. The Kier molecular flexibility index (Phi) is 5.41. The molecule has 3 rings (SSSR count). The summed E-state index contributed by atoms with van der Waals surface area (Å²) < 4.78 is 0. The van der Waals surface area contributed by atoms with E-state index in [4.69, 9.17) is 11.6 Å². The van der Waals surface area contributed by atoms with Gasteiger partial charge in [-0.25, -0.2) is 0 Å². The van der Waals surface area contributed by atoms with Crippen molar-refractivity contribution >= 4 is 23.8 Å². The largest absolute Gasteiger partial charge is 0.293 e. The molecule has 0 fully saturated rings. The second kappa shape index (κ2) is 7.71. The lowest BCUT2D eigenvalue weighted by molar-refractivity contribution is 0.342. The van der Waals surface area contributed by atoms with Gasteiger partial charge < -0.3 is 0 Å². The Morgan fingerprint density at radius 1 is 0.958 bits per heavy atom. The van der Waals surface area contributed by atoms with E-state index in [2.05, 4.69) is 79.1 Å². The van der Waals surface area contributed by atoms with E-state index in [9.17, 15) is 0 Å². The summed E-state index contributed by atoms with van der Waals surface area (Å²) >= 11 is 6.27. The first-order chi connectivity index (χ1) is 11.7. The van der Waals surface area contributed by atoms with Gasteiger partial charge in [0.1, 0.15) is 0 Å². The van der Waals surface area contributed by atoms with Crippen molar-refractivity contribution in [2.45, 2.75) is 19.8 Å². The predicted molar refractivity (Wildman–Crippen MR) is 104 cm³/mol. The van der Waals surface area contributed by atoms with Crippen LogP contribution in [0.3, 0.4) is 0 Å². The zero-order valence-corrected chi connectivity index (χ0v) is 15.0. The predicted octanol–water partition coefficient (Wildman–Crippen LogP) is 5.30. The molecule has 0 aliphatic heterocycles. The third kappa shape index (κ3) is 3.56.